The molecule has 0 fully saturated rings. The summed E-state index contributed by atoms with van der Waals surface area (Å²) >= 11 is 6.22. The molecule has 6 nitrogen and oxygen atoms in total. The zero-order valence-corrected chi connectivity index (χ0v) is 13.1. The second-order valence-corrected chi connectivity index (χ2v) is 5.42. The third-order valence-corrected chi connectivity index (χ3v) is 3.60. The van der Waals surface area contributed by atoms with Crippen molar-refractivity contribution in [2.45, 2.75) is 6.04 Å². The van der Waals surface area contributed by atoms with E-state index in [0.29, 0.717) is 11.6 Å². The van der Waals surface area contributed by atoms with E-state index in [4.69, 9.17) is 11.6 Å². The Morgan fingerprint density at radius 3 is 2.64 bits per heavy atom. The summed E-state index contributed by atoms with van der Waals surface area (Å²) in [4.78, 5) is 25.0. The van der Waals surface area contributed by atoms with E-state index < -0.39 is 0 Å². The Kier molecular flexibility index (Phi) is 5.30. The van der Waals surface area contributed by atoms with Crippen molar-refractivity contribution in [2.24, 2.45) is 0 Å². The molecule has 1 atom stereocenters. The number of benzene rings is 1. The molecular weight excluding hydrogens is 304 g/mol. The molecule has 0 aliphatic carbocycles. The number of nitrogens with zero attached hydrogens (tertiary/aromatic N) is 2. The van der Waals surface area contributed by atoms with Gasteiger partial charge < -0.3 is 10.2 Å². The average Bonchev–Trinajstić information content (AvgIpc) is 2.49. The minimum absolute atomic E-state index is 0.0691. The predicted molar refractivity (Wildman–Crippen MR) is 85.1 cm³/mol. The molecule has 2 aromatic rings. The van der Waals surface area contributed by atoms with Gasteiger partial charge in [-0.15, -0.1) is 0 Å². The summed E-state index contributed by atoms with van der Waals surface area (Å²) in [6.45, 7) is 0.371. The smallest absolute Gasteiger partial charge is 0.271 e. The molecule has 1 amide bonds. The fraction of sp³-hybridized carbons (Fsp3) is 0.267. The zero-order valence-electron chi connectivity index (χ0n) is 12.3. The molecule has 116 valence electrons. The molecule has 0 aliphatic heterocycles. The lowest BCUT2D eigenvalue weighted by atomic mass is 10.1. The van der Waals surface area contributed by atoms with Gasteiger partial charge in [0.1, 0.15) is 5.69 Å². The fourth-order valence-corrected chi connectivity index (χ4v) is 2.33. The summed E-state index contributed by atoms with van der Waals surface area (Å²) in [6.07, 6.45) is 0. The van der Waals surface area contributed by atoms with Gasteiger partial charge in [-0.2, -0.15) is 5.10 Å². The lowest BCUT2D eigenvalue weighted by molar-refractivity contribution is 0.0936. The van der Waals surface area contributed by atoms with Gasteiger partial charge in [-0.05, 0) is 31.8 Å². The van der Waals surface area contributed by atoms with Crippen LogP contribution in [-0.4, -0.2) is 41.6 Å². The number of amides is 1. The van der Waals surface area contributed by atoms with Crippen molar-refractivity contribution in [2.75, 3.05) is 20.6 Å². The zero-order chi connectivity index (χ0) is 16.1. The highest BCUT2D eigenvalue weighted by atomic mass is 35.5. The van der Waals surface area contributed by atoms with Crippen LogP contribution in [0.15, 0.2) is 41.2 Å². The van der Waals surface area contributed by atoms with Gasteiger partial charge in [0.05, 0.1) is 6.04 Å². The lowest BCUT2D eigenvalue weighted by Crippen LogP contribution is -2.35. The predicted octanol–water partition coefficient (Wildman–Crippen LogP) is 1.46. The van der Waals surface area contributed by atoms with Crippen LogP contribution < -0.4 is 10.9 Å². The first-order valence-corrected chi connectivity index (χ1v) is 7.11. The monoisotopic (exact) mass is 320 g/mol. The van der Waals surface area contributed by atoms with E-state index >= 15 is 0 Å². The normalized spacial score (nSPS) is 12.2. The van der Waals surface area contributed by atoms with E-state index in [0.717, 1.165) is 5.56 Å². The summed E-state index contributed by atoms with van der Waals surface area (Å²) in [6, 6.07) is 10.1. The van der Waals surface area contributed by atoms with Gasteiger partial charge in [0, 0.05) is 17.6 Å². The molecule has 0 saturated heterocycles. The Balaban J connectivity index is 2.10. The number of likely N-dealkylation sites (N-methyl/N-ethyl adjacent to an activating group) is 1. The summed E-state index contributed by atoms with van der Waals surface area (Å²) in [5, 5.41) is 9.39. The summed E-state index contributed by atoms with van der Waals surface area (Å²) in [5.41, 5.74) is 0.749. The number of carbonyl (C=O) groups excluding carboxylic acids is 1. The van der Waals surface area contributed by atoms with Gasteiger partial charge in [0.25, 0.3) is 11.5 Å². The quantitative estimate of drug-likeness (QED) is 0.874. The van der Waals surface area contributed by atoms with E-state index in [9.17, 15) is 9.59 Å². The minimum Gasteiger partial charge on any atom is -0.349 e. The second kappa shape index (κ2) is 7.20. The molecular formula is C15H17ClN4O2. The molecule has 1 aromatic heterocycles. The highest BCUT2D eigenvalue weighted by Gasteiger charge is 2.18. The average molecular weight is 321 g/mol. The maximum Gasteiger partial charge on any atom is 0.271 e. The van der Waals surface area contributed by atoms with Crippen molar-refractivity contribution in [3.8, 4) is 0 Å². The largest absolute Gasteiger partial charge is 0.349 e. The van der Waals surface area contributed by atoms with Crippen molar-refractivity contribution in [3.05, 3.63) is 63.0 Å². The van der Waals surface area contributed by atoms with Gasteiger partial charge in [-0.3, -0.25) is 9.59 Å². The Morgan fingerprint density at radius 2 is 2.05 bits per heavy atom. The Hall–Kier alpha value is -2.18. The highest BCUT2D eigenvalue weighted by Crippen LogP contribution is 2.25. The SMILES string of the molecule is CN(C)C(CNC(=O)c1ccc(=O)[nH]n1)c1ccccc1Cl. The Morgan fingerprint density at radius 1 is 1.32 bits per heavy atom. The molecule has 0 radical (unpaired) electrons. The van der Waals surface area contributed by atoms with Crippen LogP contribution in [0.25, 0.3) is 0 Å². The molecule has 1 heterocycles. The molecule has 7 heteroatoms. The van der Waals surface area contributed by atoms with E-state index in [1.54, 1.807) is 0 Å². The summed E-state index contributed by atoms with van der Waals surface area (Å²) in [7, 11) is 3.83. The maximum atomic E-state index is 12.1. The molecule has 0 aliphatic rings. The molecule has 0 spiro atoms. The second-order valence-electron chi connectivity index (χ2n) is 5.02. The number of aromatic amines is 1. The van der Waals surface area contributed by atoms with Crippen molar-refractivity contribution in [1.82, 2.24) is 20.4 Å². The van der Waals surface area contributed by atoms with Crippen LogP contribution in [0.3, 0.4) is 0 Å². The van der Waals surface area contributed by atoms with Crippen LogP contribution in [-0.2, 0) is 0 Å². The van der Waals surface area contributed by atoms with Crippen molar-refractivity contribution in [3.63, 3.8) is 0 Å². The molecule has 2 rings (SSSR count). The van der Waals surface area contributed by atoms with Crippen molar-refractivity contribution >= 4 is 17.5 Å². The minimum atomic E-state index is -0.352. The Labute approximate surface area is 133 Å². The number of carbonyl (C=O) groups is 1. The van der Waals surface area contributed by atoms with Gasteiger partial charge in [-0.1, -0.05) is 29.8 Å². The molecule has 1 aromatic carbocycles. The first-order valence-electron chi connectivity index (χ1n) is 6.74. The van der Waals surface area contributed by atoms with Crippen LogP contribution in [0.1, 0.15) is 22.1 Å². The number of halogens is 1. The van der Waals surface area contributed by atoms with Crippen molar-refractivity contribution < 1.29 is 4.79 Å². The van der Waals surface area contributed by atoms with E-state index in [1.807, 2.05) is 43.3 Å². The molecule has 1 unspecified atom stereocenters. The molecule has 2 N–H and O–H groups in total. The van der Waals surface area contributed by atoms with Crippen LogP contribution in [0, 0.1) is 0 Å². The van der Waals surface area contributed by atoms with Crippen LogP contribution in [0.4, 0.5) is 0 Å². The first-order chi connectivity index (χ1) is 10.5. The van der Waals surface area contributed by atoms with Crippen LogP contribution in [0.5, 0.6) is 0 Å². The number of nitrogens with one attached hydrogen (secondary N) is 2. The van der Waals surface area contributed by atoms with Gasteiger partial charge in [-0.25, -0.2) is 5.10 Å². The van der Waals surface area contributed by atoms with Gasteiger partial charge in [0.15, 0.2) is 0 Å². The number of hydrogen-bond donors (Lipinski definition) is 2. The third kappa shape index (κ3) is 3.93. The first kappa shape index (κ1) is 16.2. The lowest BCUT2D eigenvalue weighted by Gasteiger charge is -2.25. The topological polar surface area (TPSA) is 78.1 Å². The Bertz CT molecular complexity index is 694. The third-order valence-electron chi connectivity index (χ3n) is 3.26. The van der Waals surface area contributed by atoms with Gasteiger partial charge in [0.2, 0.25) is 0 Å². The molecule has 0 saturated carbocycles. The molecule has 0 bridgehead atoms. The summed E-state index contributed by atoms with van der Waals surface area (Å²) < 4.78 is 0. The fourth-order valence-electron chi connectivity index (χ4n) is 2.07. The summed E-state index contributed by atoms with van der Waals surface area (Å²) in [5.74, 6) is -0.352. The van der Waals surface area contributed by atoms with Crippen LogP contribution >= 0.6 is 11.6 Å². The number of hydrogen-bond acceptors (Lipinski definition) is 4. The number of aromatic nitrogens is 2. The van der Waals surface area contributed by atoms with Crippen molar-refractivity contribution in [1.29, 1.82) is 0 Å². The number of H-pyrrole nitrogens is 1. The van der Waals surface area contributed by atoms with Crippen LogP contribution in [0.2, 0.25) is 5.02 Å². The van der Waals surface area contributed by atoms with Gasteiger partial charge >= 0.3 is 0 Å². The molecule has 22 heavy (non-hydrogen) atoms. The highest BCUT2D eigenvalue weighted by molar-refractivity contribution is 6.31. The van der Waals surface area contributed by atoms with E-state index in [1.165, 1.54) is 12.1 Å². The standard InChI is InChI=1S/C15H17ClN4O2/c1-20(2)13(10-5-3-4-6-11(10)16)9-17-15(22)12-7-8-14(21)19-18-12/h3-8,13H,9H2,1-2H3,(H,17,22)(H,19,21). The van der Waals surface area contributed by atoms with E-state index in [2.05, 4.69) is 15.5 Å². The maximum absolute atomic E-state index is 12.1. The van der Waals surface area contributed by atoms with E-state index in [-0.39, 0.29) is 23.2 Å². The number of rotatable bonds is 5.